The minimum atomic E-state index is -1.32. The standard InChI is InChI=1S/C17H15F3N2O2/c1-9-3-4-15(11(5-9)17(24)21-2)22-16(23)7-10-6-13(19)14(20)8-12(10)18/h3-6,8H,7H2,1-2H3,(H,21,24)(H,22,23). The van der Waals surface area contributed by atoms with Crippen molar-refractivity contribution in [3.63, 3.8) is 0 Å². The SMILES string of the molecule is CNC(=O)c1cc(C)ccc1NC(=O)Cc1cc(F)c(F)cc1F. The molecule has 0 saturated heterocycles. The fourth-order valence-electron chi connectivity index (χ4n) is 2.16. The summed E-state index contributed by atoms with van der Waals surface area (Å²) in [5, 5.41) is 4.93. The Morgan fingerprint density at radius 2 is 1.67 bits per heavy atom. The van der Waals surface area contributed by atoms with Gasteiger partial charge in [-0.05, 0) is 25.1 Å². The van der Waals surface area contributed by atoms with Crippen LogP contribution < -0.4 is 10.6 Å². The lowest BCUT2D eigenvalue weighted by Gasteiger charge is -2.11. The van der Waals surface area contributed by atoms with E-state index in [9.17, 15) is 22.8 Å². The summed E-state index contributed by atoms with van der Waals surface area (Å²) < 4.78 is 39.7. The summed E-state index contributed by atoms with van der Waals surface area (Å²) >= 11 is 0. The Labute approximate surface area is 136 Å². The fourth-order valence-corrected chi connectivity index (χ4v) is 2.16. The number of anilines is 1. The number of hydrogen-bond donors (Lipinski definition) is 2. The maximum Gasteiger partial charge on any atom is 0.253 e. The van der Waals surface area contributed by atoms with Crippen molar-refractivity contribution in [2.75, 3.05) is 12.4 Å². The van der Waals surface area contributed by atoms with Crippen molar-refractivity contribution in [3.8, 4) is 0 Å². The highest BCUT2D eigenvalue weighted by molar-refractivity contribution is 6.04. The number of benzene rings is 2. The molecule has 0 saturated carbocycles. The predicted molar refractivity (Wildman–Crippen MR) is 83.2 cm³/mol. The van der Waals surface area contributed by atoms with Crippen LogP contribution in [0.3, 0.4) is 0 Å². The molecule has 0 spiro atoms. The summed E-state index contributed by atoms with van der Waals surface area (Å²) in [5.74, 6) is -4.63. The Morgan fingerprint density at radius 3 is 2.33 bits per heavy atom. The summed E-state index contributed by atoms with van der Waals surface area (Å²) in [6, 6.07) is 5.85. The van der Waals surface area contributed by atoms with E-state index in [0.29, 0.717) is 12.1 Å². The minimum absolute atomic E-state index is 0.243. The molecule has 0 bridgehead atoms. The zero-order valence-electron chi connectivity index (χ0n) is 13.0. The third kappa shape index (κ3) is 3.92. The number of aryl methyl sites for hydroxylation is 1. The first kappa shape index (κ1) is 17.5. The molecule has 7 heteroatoms. The lowest BCUT2D eigenvalue weighted by atomic mass is 10.1. The van der Waals surface area contributed by atoms with E-state index >= 15 is 0 Å². The quantitative estimate of drug-likeness (QED) is 0.844. The normalized spacial score (nSPS) is 10.4. The average molecular weight is 336 g/mol. The molecule has 126 valence electrons. The Kier molecular flexibility index (Phi) is 5.23. The van der Waals surface area contributed by atoms with Crippen LogP contribution in [-0.4, -0.2) is 18.9 Å². The molecule has 0 aliphatic heterocycles. The first-order valence-corrected chi connectivity index (χ1v) is 7.08. The molecule has 0 unspecified atom stereocenters. The van der Waals surface area contributed by atoms with Gasteiger partial charge in [-0.25, -0.2) is 13.2 Å². The zero-order chi connectivity index (χ0) is 17.9. The van der Waals surface area contributed by atoms with Gasteiger partial charge in [-0.2, -0.15) is 0 Å². The van der Waals surface area contributed by atoms with Gasteiger partial charge in [0.25, 0.3) is 5.91 Å². The molecular weight excluding hydrogens is 321 g/mol. The summed E-state index contributed by atoms with van der Waals surface area (Å²) in [5.41, 5.74) is 1.03. The van der Waals surface area contributed by atoms with E-state index < -0.39 is 35.7 Å². The van der Waals surface area contributed by atoms with Gasteiger partial charge < -0.3 is 10.6 Å². The summed E-state index contributed by atoms with van der Waals surface area (Å²) in [6.07, 6.45) is -0.496. The van der Waals surface area contributed by atoms with Crippen LogP contribution in [0.2, 0.25) is 0 Å². The van der Waals surface area contributed by atoms with Crippen molar-refractivity contribution in [1.82, 2.24) is 5.32 Å². The lowest BCUT2D eigenvalue weighted by Crippen LogP contribution is -2.22. The summed E-state index contributed by atoms with van der Waals surface area (Å²) in [6.45, 7) is 1.79. The third-order valence-electron chi connectivity index (χ3n) is 3.36. The monoisotopic (exact) mass is 336 g/mol. The number of hydrogen-bond acceptors (Lipinski definition) is 2. The lowest BCUT2D eigenvalue weighted by molar-refractivity contribution is -0.115. The number of halogens is 3. The highest BCUT2D eigenvalue weighted by Crippen LogP contribution is 2.19. The second-order valence-electron chi connectivity index (χ2n) is 5.21. The van der Waals surface area contributed by atoms with Gasteiger partial charge in [0, 0.05) is 18.7 Å². The second-order valence-corrected chi connectivity index (χ2v) is 5.21. The number of carbonyl (C=O) groups excluding carboxylic acids is 2. The molecule has 2 rings (SSSR count). The smallest absolute Gasteiger partial charge is 0.253 e. The third-order valence-corrected chi connectivity index (χ3v) is 3.36. The van der Waals surface area contributed by atoms with Crippen LogP contribution in [-0.2, 0) is 11.2 Å². The van der Waals surface area contributed by atoms with Gasteiger partial charge in [0.2, 0.25) is 5.91 Å². The number of nitrogens with one attached hydrogen (secondary N) is 2. The molecule has 0 radical (unpaired) electrons. The van der Waals surface area contributed by atoms with Crippen molar-refractivity contribution in [1.29, 1.82) is 0 Å². The number of rotatable bonds is 4. The molecule has 2 aromatic rings. The fraction of sp³-hybridized carbons (Fsp3) is 0.176. The molecule has 0 heterocycles. The first-order chi connectivity index (χ1) is 11.3. The van der Waals surface area contributed by atoms with E-state index in [1.807, 2.05) is 0 Å². The summed E-state index contributed by atoms with van der Waals surface area (Å²) in [4.78, 5) is 23.9. The Balaban J connectivity index is 2.22. The highest BCUT2D eigenvalue weighted by atomic mass is 19.2. The van der Waals surface area contributed by atoms with E-state index in [2.05, 4.69) is 10.6 Å². The van der Waals surface area contributed by atoms with Gasteiger partial charge in [0.05, 0.1) is 17.7 Å². The van der Waals surface area contributed by atoms with Gasteiger partial charge in [0.1, 0.15) is 5.82 Å². The van der Waals surface area contributed by atoms with Crippen LogP contribution in [0.4, 0.5) is 18.9 Å². The molecule has 2 amide bonds. The van der Waals surface area contributed by atoms with Crippen molar-refractivity contribution in [2.24, 2.45) is 0 Å². The van der Waals surface area contributed by atoms with Gasteiger partial charge >= 0.3 is 0 Å². The highest BCUT2D eigenvalue weighted by Gasteiger charge is 2.16. The van der Waals surface area contributed by atoms with Gasteiger partial charge in [-0.1, -0.05) is 11.6 Å². The Bertz CT molecular complexity index is 807. The average Bonchev–Trinajstić information content (AvgIpc) is 2.53. The van der Waals surface area contributed by atoms with Crippen LogP contribution in [0.5, 0.6) is 0 Å². The molecule has 2 aromatic carbocycles. The molecule has 2 N–H and O–H groups in total. The molecular formula is C17H15F3N2O2. The topological polar surface area (TPSA) is 58.2 Å². The molecule has 0 aliphatic carbocycles. The molecule has 4 nitrogen and oxygen atoms in total. The first-order valence-electron chi connectivity index (χ1n) is 7.08. The number of carbonyl (C=O) groups is 2. The Morgan fingerprint density at radius 1 is 1.00 bits per heavy atom. The molecule has 0 fully saturated rings. The van der Waals surface area contributed by atoms with Gasteiger partial charge in [-0.15, -0.1) is 0 Å². The molecule has 0 aliphatic rings. The Hall–Kier alpha value is -2.83. The van der Waals surface area contributed by atoms with Crippen molar-refractivity contribution in [2.45, 2.75) is 13.3 Å². The van der Waals surface area contributed by atoms with E-state index in [1.54, 1.807) is 25.1 Å². The van der Waals surface area contributed by atoms with Crippen molar-refractivity contribution >= 4 is 17.5 Å². The van der Waals surface area contributed by atoms with Gasteiger partial charge in [0.15, 0.2) is 11.6 Å². The van der Waals surface area contributed by atoms with Gasteiger partial charge in [-0.3, -0.25) is 9.59 Å². The van der Waals surface area contributed by atoms with E-state index in [1.165, 1.54) is 7.05 Å². The maximum atomic E-state index is 13.6. The zero-order valence-corrected chi connectivity index (χ0v) is 13.0. The van der Waals surface area contributed by atoms with E-state index in [0.717, 1.165) is 5.56 Å². The van der Waals surface area contributed by atoms with Crippen LogP contribution in [0.15, 0.2) is 30.3 Å². The summed E-state index contributed by atoms with van der Waals surface area (Å²) in [7, 11) is 1.45. The van der Waals surface area contributed by atoms with E-state index in [4.69, 9.17) is 0 Å². The van der Waals surface area contributed by atoms with Crippen LogP contribution in [0.1, 0.15) is 21.5 Å². The van der Waals surface area contributed by atoms with Crippen LogP contribution >= 0.6 is 0 Å². The molecule has 0 atom stereocenters. The molecule has 0 aromatic heterocycles. The van der Waals surface area contributed by atoms with Crippen molar-refractivity contribution < 1.29 is 22.8 Å². The predicted octanol–water partition coefficient (Wildman–Crippen LogP) is 2.95. The molecule has 24 heavy (non-hydrogen) atoms. The minimum Gasteiger partial charge on any atom is -0.355 e. The van der Waals surface area contributed by atoms with Crippen molar-refractivity contribution in [3.05, 3.63) is 64.5 Å². The van der Waals surface area contributed by atoms with E-state index in [-0.39, 0.29) is 16.8 Å². The second kappa shape index (κ2) is 7.16. The van der Waals surface area contributed by atoms with Crippen LogP contribution in [0.25, 0.3) is 0 Å². The van der Waals surface area contributed by atoms with Crippen LogP contribution in [0, 0.1) is 24.4 Å². The maximum absolute atomic E-state index is 13.6. The number of amides is 2. The largest absolute Gasteiger partial charge is 0.355 e.